The maximum atomic E-state index is 11.0. The molecule has 62 valence electrons. The van der Waals surface area contributed by atoms with E-state index in [1.165, 1.54) is 24.9 Å². The number of nitrogens with zero attached hydrogens (tertiary/aromatic N) is 1. The first kappa shape index (κ1) is 8.61. The highest BCUT2D eigenvalue weighted by molar-refractivity contribution is 8.14. The molecule has 0 atom stereocenters. The Hall–Kier alpha value is -0.490. The van der Waals surface area contributed by atoms with E-state index in [2.05, 4.69) is 9.71 Å². The molecule has 0 aliphatic carbocycles. The Bertz CT molecular complexity index is 315. The van der Waals surface area contributed by atoms with Gasteiger partial charge < -0.3 is 5.32 Å². The SMILES string of the molecule is CSC1=NS(=O)(=O)C(C)=CN1. The first-order valence-electron chi connectivity index (χ1n) is 2.88. The van der Waals surface area contributed by atoms with Gasteiger partial charge in [-0.1, -0.05) is 11.8 Å². The third kappa shape index (κ3) is 1.75. The first-order valence-corrected chi connectivity index (χ1v) is 5.55. The monoisotopic (exact) mass is 192 g/mol. The van der Waals surface area contributed by atoms with Crippen molar-refractivity contribution in [1.29, 1.82) is 0 Å². The minimum atomic E-state index is -3.36. The van der Waals surface area contributed by atoms with Gasteiger partial charge in [0.2, 0.25) is 0 Å². The summed E-state index contributed by atoms with van der Waals surface area (Å²) in [6.45, 7) is 1.50. The van der Waals surface area contributed by atoms with Gasteiger partial charge in [-0.2, -0.15) is 8.42 Å². The summed E-state index contributed by atoms with van der Waals surface area (Å²) in [7, 11) is -3.36. The summed E-state index contributed by atoms with van der Waals surface area (Å²) in [5.74, 6) is 0. The number of thioether (sulfide) groups is 1. The van der Waals surface area contributed by atoms with Gasteiger partial charge in [0, 0.05) is 6.20 Å². The van der Waals surface area contributed by atoms with Crippen molar-refractivity contribution < 1.29 is 8.42 Å². The van der Waals surface area contributed by atoms with E-state index in [-0.39, 0.29) is 4.91 Å². The van der Waals surface area contributed by atoms with E-state index in [4.69, 9.17) is 0 Å². The van der Waals surface area contributed by atoms with Crippen LogP contribution >= 0.6 is 11.8 Å². The summed E-state index contributed by atoms with van der Waals surface area (Å²) >= 11 is 1.27. The molecule has 0 aromatic rings. The van der Waals surface area contributed by atoms with Crippen LogP contribution in [0.5, 0.6) is 0 Å². The van der Waals surface area contributed by atoms with E-state index in [0.717, 1.165) is 0 Å². The largest absolute Gasteiger partial charge is 0.340 e. The van der Waals surface area contributed by atoms with Crippen LogP contribution in [0.4, 0.5) is 0 Å². The summed E-state index contributed by atoms with van der Waals surface area (Å²) in [6.07, 6.45) is 3.20. The van der Waals surface area contributed by atoms with Gasteiger partial charge in [-0.3, -0.25) is 0 Å². The van der Waals surface area contributed by atoms with Crippen LogP contribution in [0.15, 0.2) is 15.5 Å². The van der Waals surface area contributed by atoms with E-state index in [0.29, 0.717) is 5.17 Å². The third-order valence-corrected chi connectivity index (χ3v) is 3.27. The van der Waals surface area contributed by atoms with Crippen LogP contribution in [0, 0.1) is 0 Å². The molecular weight excluding hydrogens is 184 g/mol. The fourth-order valence-electron chi connectivity index (χ4n) is 0.542. The molecule has 1 N–H and O–H groups in total. The molecule has 0 bridgehead atoms. The van der Waals surface area contributed by atoms with Crippen LogP contribution in [0.1, 0.15) is 6.92 Å². The topological polar surface area (TPSA) is 58.5 Å². The van der Waals surface area contributed by atoms with E-state index in [1.807, 2.05) is 0 Å². The number of hydrogen-bond acceptors (Lipinski definition) is 4. The Morgan fingerprint density at radius 2 is 2.27 bits per heavy atom. The average molecular weight is 192 g/mol. The van der Waals surface area contributed by atoms with Crippen LogP contribution in [0.3, 0.4) is 0 Å². The van der Waals surface area contributed by atoms with Crippen molar-refractivity contribution >= 4 is 27.0 Å². The van der Waals surface area contributed by atoms with Gasteiger partial charge in [0.05, 0.1) is 4.91 Å². The van der Waals surface area contributed by atoms with E-state index < -0.39 is 10.0 Å². The van der Waals surface area contributed by atoms with E-state index in [9.17, 15) is 8.42 Å². The molecule has 0 saturated carbocycles. The van der Waals surface area contributed by atoms with Crippen molar-refractivity contribution in [2.75, 3.05) is 6.26 Å². The summed E-state index contributed by atoms with van der Waals surface area (Å²) in [5.41, 5.74) is 0. The molecule has 1 rings (SSSR count). The van der Waals surface area contributed by atoms with Crippen molar-refractivity contribution in [2.24, 2.45) is 4.40 Å². The Kier molecular flexibility index (Phi) is 2.24. The third-order valence-electron chi connectivity index (χ3n) is 1.20. The second kappa shape index (κ2) is 2.86. The minimum Gasteiger partial charge on any atom is -0.340 e. The quantitative estimate of drug-likeness (QED) is 0.607. The Balaban J connectivity index is 3.04. The Morgan fingerprint density at radius 1 is 1.64 bits per heavy atom. The molecule has 6 heteroatoms. The fraction of sp³-hybridized carbons (Fsp3) is 0.400. The molecule has 4 nitrogen and oxygen atoms in total. The van der Waals surface area contributed by atoms with E-state index >= 15 is 0 Å². The summed E-state index contributed by atoms with van der Waals surface area (Å²) in [4.78, 5) is 0.246. The molecule has 0 aromatic heterocycles. The molecule has 0 radical (unpaired) electrons. The van der Waals surface area contributed by atoms with Crippen molar-refractivity contribution in [3.05, 3.63) is 11.1 Å². The standard InChI is InChI=1S/C5H8N2O2S2/c1-4-3-6-5(10-2)7-11(4,8)9/h3H,1-2H3,(H,6,7). The van der Waals surface area contributed by atoms with Crippen LogP contribution in [-0.4, -0.2) is 19.8 Å². The highest BCUT2D eigenvalue weighted by Crippen LogP contribution is 2.13. The molecule has 11 heavy (non-hydrogen) atoms. The lowest BCUT2D eigenvalue weighted by Gasteiger charge is -2.09. The molecule has 0 unspecified atom stereocenters. The number of rotatable bonds is 0. The number of nitrogens with one attached hydrogen (secondary N) is 1. The van der Waals surface area contributed by atoms with Crippen LogP contribution in [-0.2, 0) is 10.0 Å². The zero-order valence-corrected chi connectivity index (χ0v) is 7.79. The predicted octanol–water partition coefficient (Wildman–Crippen LogP) is 0.500. The summed E-state index contributed by atoms with van der Waals surface area (Å²) in [5, 5.41) is 3.16. The molecular formula is C5H8N2O2S2. The van der Waals surface area contributed by atoms with Crippen LogP contribution < -0.4 is 5.32 Å². The van der Waals surface area contributed by atoms with Gasteiger partial charge >= 0.3 is 0 Å². The van der Waals surface area contributed by atoms with Crippen molar-refractivity contribution in [3.63, 3.8) is 0 Å². The molecule has 0 amide bonds. The first-order chi connectivity index (χ1) is 5.06. The molecule has 1 aliphatic rings. The molecule has 0 saturated heterocycles. The molecule has 0 aromatic carbocycles. The second-order valence-corrected chi connectivity index (χ2v) is 4.55. The highest BCUT2D eigenvalue weighted by atomic mass is 32.2. The van der Waals surface area contributed by atoms with E-state index in [1.54, 1.807) is 6.26 Å². The maximum absolute atomic E-state index is 11.0. The number of hydrogen-bond donors (Lipinski definition) is 1. The molecule has 0 fully saturated rings. The number of sulfonamides is 1. The molecule has 1 aliphatic heterocycles. The average Bonchev–Trinajstić information content (AvgIpc) is 1.95. The van der Waals surface area contributed by atoms with Crippen LogP contribution in [0.2, 0.25) is 0 Å². The number of allylic oxidation sites excluding steroid dienone is 1. The molecule has 0 spiro atoms. The normalized spacial score (nSPS) is 21.6. The van der Waals surface area contributed by atoms with Gasteiger partial charge in [-0.05, 0) is 13.2 Å². The Labute approximate surface area is 69.8 Å². The summed E-state index contributed by atoms with van der Waals surface area (Å²) < 4.78 is 25.6. The highest BCUT2D eigenvalue weighted by Gasteiger charge is 2.16. The lowest BCUT2D eigenvalue weighted by atomic mass is 10.7. The second-order valence-electron chi connectivity index (χ2n) is 1.97. The lowest BCUT2D eigenvalue weighted by molar-refractivity contribution is 0.603. The molecule has 1 heterocycles. The van der Waals surface area contributed by atoms with Crippen molar-refractivity contribution in [1.82, 2.24) is 5.32 Å². The zero-order valence-electron chi connectivity index (χ0n) is 6.16. The smallest absolute Gasteiger partial charge is 0.282 e. The fourth-order valence-corrected chi connectivity index (χ4v) is 1.93. The van der Waals surface area contributed by atoms with Gasteiger partial charge in [-0.15, -0.1) is 4.40 Å². The zero-order chi connectivity index (χ0) is 8.48. The van der Waals surface area contributed by atoms with Gasteiger partial charge in [0.25, 0.3) is 10.0 Å². The summed E-state index contributed by atoms with van der Waals surface area (Å²) in [6, 6.07) is 0. The van der Waals surface area contributed by atoms with Crippen LogP contribution in [0.25, 0.3) is 0 Å². The van der Waals surface area contributed by atoms with Gasteiger partial charge in [0.15, 0.2) is 5.17 Å². The number of amidine groups is 1. The van der Waals surface area contributed by atoms with Gasteiger partial charge in [0.1, 0.15) is 0 Å². The lowest BCUT2D eigenvalue weighted by Crippen LogP contribution is -2.21. The minimum absolute atomic E-state index is 0.246. The predicted molar refractivity (Wildman–Crippen MR) is 46.8 cm³/mol. The Morgan fingerprint density at radius 3 is 2.73 bits per heavy atom. The van der Waals surface area contributed by atoms with Crippen molar-refractivity contribution in [2.45, 2.75) is 6.92 Å². The van der Waals surface area contributed by atoms with Crippen molar-refractivity contribution in [3.8, 4) is 0 Å². The van der Waals surface area contributed by atoms with Gasteiger partial charge in [-0.25, -0.2) is 0 Å². The maximum Gasteiger partial charge on any atom is 0.282 e.